The van der Waals surface area contributed by atoms with Gasteiger partial charge in [0.1, 0.15) is 0 Å². The number of esters is 1. The molecule has 1 atom stereocenters. The number of nitrogens with one attached hydrogen (secondary N) is 1. The van der Waals surface area contributed by atoms with Crippen LogP contribution in [-0.2, 0) is 14.3 Å². The van der Waals surface area contributed by atoms with Gasteiger partial charge in [-0.15, -0.1) is 0 Å². The molecule has 1 aromatic carbocycles. The van der Waals surface area contributed by atoms with Crippen LogP contribution >= 0.6 is 11.8 Å². The second-order valence-corrected chi connectivity index (χ2v) is 8.61. The molecule has 2 aliphatic rings. The third kappa shape index (κ3) is 5.86. The summed E-state index contributed by atoms with van der Waals surface area (Å²) >= 11 is 1.47. The van der Waals surface area contributed by atoms with E-state index in [2.05, 4.69) is 17.3 Å². The lowest BCUT2D eigenvalue weighted by Gasteiger charge is -2.34. The van der Waals surface area contributed by atoms with E-state index in [9.17, 15) is 9.59 Å². The molecule has 162 valence electrons. The first kappa shape index (κ1) is 22.4. The number of para-hydroxylation sites is 2. The summed E-state index contributed by atoms with van der Waals surface area (Å²) in [5.41, 5.74) is 2.34. The molecular formula is C22H30N4O3S. The molecule has 30 heavy (non-hydrogen) atoms. The number of carbonyl (C=O) groups is 2. The number of thioether (sulfide) groups is 1. The van der Waals surface area contributed by atoms with Gasteiger partial charge in [-0.2, -0.15) is 0 Å². The predicted octanol–water partition coefficient (Wildman–Crippen LogP) is 3.27. The van der Waals surface area contributed by atoms with Gasteiger partial charge in [-0.25, -0.2) is 4.99 Å². The zero-order valence-electron chi connectivity index (χ0n) is 17.9. The number of carbonyl (C=O) groups excluding carboxylic acids is 2. The number of anilines is 1. The number of piperazine rings is 1. The van der Waals surface area contributed by atoms with Crippen molar-refractivity contribution in [1.29, 1.82) is 0 Å². The van der Waals surface area contributed by atoms with E-state index in [-0.39, 0.29) is 23.5 Å². The predicted molar refractivity (Wildman–Crippen MR) is 122 cm³/mol. The number of fused-ring (bicyclic) bond motifs is 1. The highest BCUT2D eigenvalue weighted by molar-refractivity contribution is 8.15. The molecular weight excluding hydrogens is 400 g/mol. The van der Waals surface area contributed by atoms with Crippen LogP contribution in [0.4, 0.5) is 11.4 Å². The molecule has 0 aliphatic carbocycles. The van der Waals surface area contributed by atoms with Gasteiger partial charge in [0.25, 0.3) is 0 Å². The molecule has 1 aromatic rings. The molecule has 2 aliphatic heterocycles. The fourth-order valence-electron chi connectivity index (χ4n) is 3.39. The molecule has 3 rings (SSSR count). The van der Waals surface area contributed by atoms with Crippen LogP contribution in [0.2, 0.25) is 0 Å². The molecule has 8 heteroatoms. The third-order valence-electron chi connectivity index (χ3n) is 5.09. The summed E-state index contributed by atoms with van der Waals surface area (Å²) in [5.74, 6) is -0.135. The molecule has 7 nitrogen and oxygen atoms in total. The third-order valence-corrected chi connectivity index (χ3v) is 6.36. The molecule has 0 aromatic heterocycles. The molecule has 0 saturated carbocycles. The van der Waals surface area contributed by atoms with Gasteiger partial charge in [-0.3, -0.25) is 9.59 Å². The van der Waals surface area contributed by atoms with E-state index in [4.69, 9.17) is 9.73 Å². The summed E-state index contributed by atoms with van der Waals surface area (Å²) in [6, 6.07) is 7.70. The van der Waals surface area contributed by atoms with Crippen molar-refractivity contribution in [3.63, 3.8) is 0 Å². The zero-order chi connectivity index (χ0) is 21.5. The van der Waals surface area contributed by atoms with Crippen LogP contribution in [0, 0.1) is 0 Å². The number of ether oxygens (including phenoxy) is 1. The zero-order valence-corrected chi connectivity index (χ0v) is 18.7. The van der Waals surface area contributed by atoms with E-state index >= 15 is 0 Å². The minimum absolute atomic E-state index is 0.130. The SMILES string of the molecule is CCOC(=O)CC1=CC(SC(CC)C(=O)N2CCN(C)CC2)=Nc2ccccc2N1. The van der Waals surface area contributed by atoms with E-state index in [1.807, 2.05) is 42.2 Å². The van der Waals surface area contributed by atoms with Crippen LogP contribution in [0.5, 0.6) is 0 Å². The Labute approximate surface area is 182 Å². The number of amides is 1. The topological polar surface area (TPSA) is 74.2 Å². The van der Waals surface area contributed by atoms with Crippen molar-refractivity contribution in [2.45, 2.75) is 31.9 Å². The maximum absolute atomic E-state index is 13.1. The van der Waals surface area contributed by atoms with E-state index < -0.39 is 0 Å². The van der Waals surface area contributed by atoms with E-state index in [0.29, 0.717) is 18.7 Å². The summed E-state index contributed by atoms with van der Waals surface area (Å²) in [6.07, 6.45) is 2.71. The van der Waals surface area contributed by atoms with Crippen molar-refractivity contribution >= 4 is 40.1 Å². The van der Waals surface area contributed by atoms with Gasteiger partial charge in [0.05, 0.1) is 34.7 Å². The van der Waals surface area contributed by atoms with Crippen LogP contribution in [0.3, 0.4) is 0 Å². The summed E-state index contributed by atoms with van der Waals surface area (Å²) in [7, 11) is 2.08. The number of hydrogen-bond acceptors (Lipinski definition) is 7. The highest BCUT2D eigenvalue weighted by Crippen LogP contribution is 2.32. The number of likely N-dealkylation sites (N-methyl/N-ethyl adjacent to an activating group) is 1. The molecule has 2 heterocycles. The molecule has 1 unspecified atom stereocenters. The maximum Gasteiger partial charge on any atom is 0.311 e. The van der Waals surface area contributed by atoms with Gasteiger partial charge >= 0.3 is 5.97 Å². The van der Waals surface area contributed by atoms with Crippen molar-refractivity contribution in [3.8, 4) is 0 Å². The standard InChI is InChI=1S/C22H30N4O3S/c1-4-19(22(28)26-12-10-25(3)11-13-26)30-20-14-16(15-21(27)29-5-2)23-17-8-6-7-9-18(17)24-20/h6-9,14,19,23H,4-5,10-13,15H2,1-3H3. The average molecular weight is 431 g/mol. The normalized spacial score (nSPS) is 17.8. The van der Waals surface area contributed by atoms with E-state index in [1.165, 1.54) is 11.8 Å². The molecule has 1 fully saturated rings. The van der Waals surface area contributed by atoms with Crippen molar-refractivity contribution in [2.24, 2.45) is 4.99 Å². The Kier molecular flexibility index (Phi) is 7.93. The van der Waals surface area contributed by atoms with Gasteiger partial charge in [0.2, 0.25) is 5.91 Å². The van der Waals surface area contributed by atoms with Gasteiger partial charge in [0.15, 0.2) is 0 Å². The lowest BCUT2D eigenvalue weighted by atomic mass is 10.2. The van der Waals surface area contributed by atoms with Gasteiger partial charge in [0, 0.05) is 31.9 Å². The minimum atomic E-state index is -0.291. The highest BCUT2D eigenvalue weighted by Gasteiger charge is 2.27. The second-order valence-electron chi connectivity index (χ2n) is 7.39. The second kappa shape index (κ2) is 10.6. The molecule has 1 amide bonds. The Bertz CT molecular complexity index is 831. The fourth-order valence-corrected chi connectivity index (χ4v) is 4.46. The minimum Gasteiger partial charge on any atom is -0.466 e. The smallest absolute Gasteiger partial charge is 0.311 e. The number of hydrogen-bond donors (Lipinski definition) is 1. The Morgan fingerprint density at radius 3 is 2.63 bits per heavy atom. The van der Waals surface area contributed by atoms with Crippen LogP contribution in [0.15, 0.2) is 41.0 Å². The Morgan fingerprint density at radius 1 is 1.20 bits per heavy atom. The van der Waals surface area contributed by atoms with Crippen molar-refractivity contribution in [2.75, 3.05) is 45.2 Å². The monoisotopic (exact) mass is 430 g/mol. The number of aliphatic imine (C=N–C) groups is 1. The average Bonchev–Trinajstić information content (AvgIpc) is 2.90. The number of rotatable bonds is 6. The van der Waals surface area contributed by atoms with Gasteiger partial charge in [-0.05, 0) is 38.6 Å². The van der Waals surface area contributed by atoms with Crippen LogP contribution in [0.1, 0.15) is 26.7 Å². The Morgan fingerprint density at radius 2 is 1.93 bits per heavy atom. The summed E-state index contributed by atoms with van der Waals surface area (Å²) in [6.45, 7) is 7.47. The van der Waals surface area contributed by atoms with Crippen molar-refractivity contribution in [1.82, 2.24) is 9.80 Å². The quantitative estimate of drug-likeness (QED) is 0.699. The molecule has 0 spiro atoms. The largest absolute Gasteiger partial charge is 0.466 e. The molecule has 0 radical (unpaired) electrons. The number of nitrogens with zero attached hydrogens (tertiary/aromatic N) is 3. The number of benzene rings is 1. The van der Waals surface area contributed by atoms with E-state index in [1.54, 1.807) is 6.92 Å². The van der Waals surface area contributed by atoms with Gasteiger partial charge in [-0.1, -0.05) is 30.8 Å². The lowest BCUT2D eigenvalue weighted by Crippen LogP contribution is -2.49. The van der Waals surface area contributed by atoms with Crippen molar-refractivity contribution < 1.29 is 14.3 Å². The Hall–Kier alpha value is -2.32. The molecule has 1 N–H and O–H groups in total. The van der Waals surface area contributed by atoms with Crippen molar-refractivity contribution in [3.05, 3.63) is 36.0 Å². The maximum atomic E-state index is 13.1. The fraction of sp³-hybridized carbons (Fsp3) is 0.500. The van der Waals surface area contributed by atoms with Crippen LogP contribution in [0.25, 0.3) is 0 Å². The first-order chi connectivity index (χ1) is 14.5. The first-order valence-corrected chi connectivity index (χ1v) is 11.3. The molecule has 1 saturated heterocycles. The van der Waals surface area contributed by atoms with Crippen LogP contribution in [-0.4, -0.2) is 71.8 Å². The summed E-state index contributed by atoms with van der Waals surface area (Å²) in [4.78, 5) is 34.1. The lowest BCUT2D eigenvalue weighted by molar-refractivity contribution is -0.142. The summed E-state index contributed by atoms with van der Waals surface area (Å²) in [5, 5.41) is 3.81. The van der Waals surface area contributed by atoms with Gasteiger partial charge < -0.3 is 19.9 Å². The Balaban J connectivity index is 1.80. The highest BCUT2D eigenvalue weighted by atomic mass is 32.2. The van der Waals surface area contributed by atoms with E-state index in [0.717, 1.165) is 42.6 Å². The van der Waals surface area contributed by atoms with Crippen LogP contribution < -0.4 is 5.32 Å². The summed E-state index contributed by atoms with van der Waals surface area (Å²) < 4.78 is 5.11. The molecule has 0 bridgehead atoms. The first-order valence-electron chi connectivity index (χ1n) is 10.4.